The smallest absolute Gasteiger partial charge is 0.759 e. The Bertz CT molecular complexity index is 217. The number of carboxylic acids is 1. The molecule has 0 saturated heterocycles. The van der Waals surface area contributed by atoms with E-state index in [-0.39, 0.29) is 44.3 Å². The quantitative estimate of drug-likeness (QED) is 0.333. The summed E-state index contributed by atoms with van der Waals surface area (Å²) in [5.74, 6) is -0.787. The van der Waals surface area contributed by atoms with Crippen LogP contribution in [0.4, 0.5) is 0 Å². The molecule has 0 aliphatic heterocycles. The van der Waals surface area contributed by atoms with Gasteiger partial charge in [0.15, 0.2) is 0 Å². The predicted octanol–water partition coefficient (Wildman–Crippen LogP) is -2.09. The summed E-state index contributed by atoms with van der Waals surface area (Å²) in [5.41, 5.74) is 0. The van der Waals surface area contributed by atoms with Crippen LogP contribution >= 0.6 is 0 Å². The maximum Gasteiger partial charge on any atom is 2.00 e. The molecule has 0 aliphatic rings. The summed E-state index contributed by atoms with van der Waals surface area (Å²) in [4.78, 5) is 11.4. The van der Waals surface area contributed by atoms with Gasteiger partial charge >= 0.3 is 43.7 Å². The molecule has 0 aromatic rings. The van der Waals surface area contributed by atoms with Gasteiger partial charge in [0.05, 0.1) is 6.54 Å². The topological polar surface area (TPSA) is 121 Å². The molecule has 0 saturated carbocycles. The molecule has 0 aromatic carbocycles. The largest absolute Gasteiger partial charge is 2.00 e. The Labute approximate surface area is 106 Å². The van der Waals surface area contributed by atoms with Gasteiger partial charge in [-0.15, -0.1) is 0 Å². The summed E-state index contributed by atoms with van der Waals surface area (Å²) in [7, 11) is -1.73. The number of carbonyl (C=O) groups is 1. The predicted molar refractivity (Wildman–Crippen MR) is 42.4 cm³/mol. The number of nitrogens with zero attached hydrogens (tertiary/aromatic N) is 1. The first-order valence-corrected chi connectivity index (χ1v) is 3.99. The van der Waals surface area contributed by atoms with Gasteiger partial charge in [-0.2, -0.15) is 0 Å². The van der Waals surface area contributed by atoms with Crippen LogP contribution in [0.2, 0.25) is 0 Å². The molecule has 74 valence electrons. The van der Waals surface area contributed by atoms with Crippen molar-refractivity contribution in [2.75, 3.05) is 20.6 Å². The van der Waals surface area contributed by atoms with E-state index in [4.69, 9.17) is 22.6 Å². The van der Waals surface area contributed by atoms with E-state index in [2.05, 4.69) is 0 Å². The molecule has 0 aromatic heterocycles. The average Bonchev–Trinajstić information content (AvgIpc) is 1.52. The van der Waals surface area contributed by atoms with Crippen molar-refractivity contribution in [3.8, 4) is 0 Å². The average molecular weight is 239 g/mol. The summed E-state index contributed by atoms with van der Waals surface area (Å²) < 4.78 is 34.1. The van der Waals surface area contributed by atoms with Crippen LogP contribution in [0, 0.1) is 0 Å². The van der Waals surface area contributed by atoms with Gasteiger partial charge in [0, 0.05) is 10.4 Å². The molecule has 0 radical (unpaired) electrons. The zero-order chi connectivity index (χ0) is 10.4. The minimum atomic E-state index is -5.17. The number of likely N-dealkylation sites (N-methyl/N-ethyl adjacent to an activating group) is 1. The molecule has 9 heteroatoms. The second-order valence-electron chi connectivity index (χ2n) is 2.04. The van der Waals surface area contributed by atoms with Crippen molar-refractivity contribution in [3.05, 3.63) is 0 Å². The Hall–Kier alpha value is 0.560. The standard InChI is InChI=1S/C4H9NO2.Ca.H2O4S/c1-5(2)3-4(6)7;;1-5(2,3)4/h3H2,1-2H3,(H,6,7);;(H2,1,2,3,4)/q;+2;/p-2. The van der Waals surface area contributed by atoms with Gasteiger partial charge in [-0.25, -0.2) is 0 Å². The zero-order valence-electron chi connectivity index (χ0n) is 7.26. The molecule has 0 rings (SSSR count). The minimum Gasteiger partial charge on any atom is -0.759 e. The van der Waals surface area contributed by atoms with Gasteiger partial charge in [-0.05, 0) is 14.1 Å². The van der Waals surface area contributed by atoms with Crippen molar-refractivity contribution in [2.24, 2.45) is 0 Å². The summed E-state index contributed by atoms with van der Waals surface area (Å²) in [6, 6.07) is 0. The first kappa shape index (κ1) is 19.2. The van der Waals surface area contributed by atoms with Crippen molar-refractivity contribution < 1.29 is 27.4 Å². The van der Waals surface area contributed by atoms with Crippen molar-refractivity contribution in [1.29, 1.82) is 0 Å². The van der Waals surface area contributed by atoms with Crippen LogP contribution in [-0.2, 0) is 15.2 Å². The number of aliphatic carboxylic acids is 1. The molecule has 7 nitrogen and oxygen atoms in total. The number of carboxylic acid groups (broad SMARTS) is 1. The first-order chi connectivity index (χ1) is 5.13. The molecular weight excluding hydrogens is 230 g/mol. The zero-order valence-corrected chi connectivity index (χ0v) is 10.3. The third-order valence-electron chi connectivity index (χ3n) is 0.451. The van der Waals surface area contributed by atoms with Gasteiger partial charge in [0.1, 0.15) is 0 Å². The molecule has 1 N–H and O–H groups in total. The van der Waals surface area contributed by atoms with Crippen LogP contribution in [0.25, 0.3) is 0 Å². The third kappa shape index (κ3) is 67.4. The van der Waals surface area contributed by atoms with Crippen LogP contribution < -0.4 is 0 Å². The Balaban J connectivity index is -0.000000150. The number of hydrogen-bond acceptors (Lipinski definition) is 6. The van der Waals surface area contributed by atoms with Crippen LogP contribution in [0.15, 0.2) is 0 Å². The minimum absolute atomic E-state index is 0. The van der Waals surface area contributed by atoms with E-state index in [1.54, 1.807) is 19.0 Å². The van der Waals surface area contributed by atoms with Gasteiger partial charge in [0.2, 0.25) is 0 Å². The molecule has 0 heterocycles. The number of hydrogen-bond donors (Lipinski definition) is 1. The van der Waals surface area contributed by atoms with Gasteiger partial charge in [-0.3, -0.25) is 18.1 Å². The Morgan fingerprint density at radius 1 is 1.38 bits per heavy atom. The monoisotopic (exact) mass is 239 g/mol. The molecule has 0 atom stereocenters. The van der Waals surface area contributed by atoms with Crippen molar-refractivity contribution >= 4 is 54.1 Å². The Morgan fingerprint density at radius 3 is 1.62 bits per heavy atom. The molecule has 0 fully saturated rings. The maximum atomic E-state index is 9.77. The first-order valence-electron chi connectivity index (χ1n) is 2.66. The number of rotatable bonds is 2. The summed E-state index contributed by atoms with van der Waals surface area (Å²) in [6.45, 7) is 0.111. The summed E-state index contributed by atoms with van der Waals surface area (Å²) >= 11 is 0. The van der Waals surface area contributed by atoms with E-state index in [0.717, 1.165) is 0 Å². The molecule has 0 unspecified atom stereocenters. The SMILES string of the molecule is CN(C)CC(=O)O.O=S(=O)([O-])[O-].[Ca+2]. The van der Waals surface area contributed by atoms with Gasteiger partial charge < -0.3 is 14.2 Å². The van der Waals surface area contributed by atoms with E-state index in [0.29, 0.717) is 0 Å². The van der Waals surface area contributed by atoms with Crippen LogP contribution in [-0.4, -0.2) is 91.9 Å². The van der Waals surface area contributed by atoms with Gasteiger partial charge in [-0.1, -0.05) is 0 Å². The molecule has 0 spiro atoms. The summed E-state index contributed by atoms with van der Waals surface area (Å²) in [6.07, 6.45) is 0. The second kappa shape index (κ2) is 9.13. The van der Waals surface area contributed by atoms with Crippen molar-refractivity contribution in [1.82, 2.24) is 4.90 Å². The van der Waals surface area contributed by atoms with E-state index in [9.17, 15) is 4.79 Å². The van der Waals surface area contributed by atoms with Crippen molar-refractivity contribution in [3.63, 3.8) is 0 Å². The van der Waals surface area contributed by atoms with Gasteiger partial charge in [0.25, 0.3) is 0 Å². The third-order valence-corrected chi connectivity index (χ3v) is 0.451. The molecule has 0 amide bonds. The summed E-state index contributed by atoms with van der Waals surface area (Å²) in [5, 5.41) is 8.04. The van der Waals surface area contributed by atoms with Crippen molar-refractivity contribution in [2.45, 2.75) is 0 Å². The fourth-order valence-electron chi connectivity index (χ4n) is 0.271. The Kier molecular flexibility index (Phi) is 13.5. The van der Waals surface area contributed by atoms with Crippen LogP contribution in [0.1, 0.15) is 0 Å². The van der Waals surface area contributed by atoms with E-state index >= 15 is 0 Å². The van der Waals surface area contributed by atoms with Crippen LogP contribution in [0.3, 0.4) is 0 Å². The molecule has 13 heavy (non-hydrogen) atoms. The second-order valence-corrected chi connectivity index (χ2v) is 2.86. The fourth-order valence-corrected chi connectivity index (χ4v) is 0.271. The van der Waals surface area contributed by atoms with E-state index in [1.165, 1.54) is 0 Å². The molecule has 0 aliphatic carbocycles. The molecule has 0 bridgehead atoms. The van der Waals surface area contributed by atoms with E-state index in [1.807, 2.05) is 0 Å². The maximum absolute atomic E-state index is 9.77. The Morgan fingerprint density at radius 2 is 1.62 bits per heavy atom. The van der Waals surface area contributed by atoms with Crippen LogP contribution in [0.5, 0.6) is 0 Å². The fraction of sp³-hybridized carbons (Fsp3) is 0.750. The van der Waals surface area contributed by atoms with E-state index < -0.39 is 16.4 Å². The molecular formula is C4H9CaNO6S. The normalized spacial score (nSPS) is 9.62.